The Morgan fingerprint density at radius 2 is 1.94 bits per heavy atom. The van der Waals surface area contributed by atoms with Gasteiger partial charge in [-0.3, -0.25) is 0 Å². The van der Waals surface area contributed by atoms with Crippen LogP contribution in [-0.2, 0) is 0 Å². The molecule has 1 nitrogen and oxygen atoms in total. The highest BCUT2D eigenvalue weighted by Crippen LogP contribution is 2.42. The van der Waals surface area contributed by atoms with Crippen LogP contribution in [0.2, 0.25) is 0 Å². The maximum atomic E-state index is 13.1. The first-order chi connectivity index (χ1) is 8.39. The van der Waals surface area contributed by atoms with Crippen molar-refractivity contribution in [2.75, 3.05) is 0 Å². The standard InChI is InChI=1S/C15H20F2O/c1-10-4-3-5-11(2)14(10)13(18)8-12-6-7-15(16,17)9-12/h3-5,12-13,18H,6-9H2,1-2H3. The number of hydrogen-bond donors (Lipinski definition) is 1. The Morgan fingerprint density at radius 1 is 1.33 bits per heavy atom. The van der Waals surface area contributed by atoms with E-state index in [2.05, 4.69) is 0 Å². The van der Waals surface area contributed by atoms with Crippen LogP contribution in [0.5, 0.6) is 0 Å². The van der Waals surface area contributed by atoms with Crippen LogP contribution in [0.25, 0.3) is 0 Å². The molecule has 0 amide bonds. The highest BCUT2D eigenvalue weighted by Gasteiger charge is 2.40. The van der Waals surface area contributed by atoms with Crippen LogP contribution in [-0.4, -0.2) is 11.0 Å². The molecule has 0 heterocycles. The molecule has 0 aliphatic heterocycles. The average Bonchev–Trinajstić information content (AvgIpc) is 2.57. The summed E-state index contributed by atoms with van der Waals surface area (Å²) < 4.78 is 26.2. The molecule has 100 valence electrons. The Balaban J connectivity index is 2.07. The van der Waals surface area contributed by atoms with Crippen LogP contribution in [0.4, 0.5) is 8.78 Å². The van der Waals surface area contributed by atoms with Gasteiger partial charge in [0.1, 0.15) is 0 Å². The number of halogens is 2. The first kappa shape index (κ1) is 13.5. The normalized spacial score (nSPS) is 24.2. The van der Waals surface area contributed by atoms with E-state index in [0.717, 1.165) is 16.7 Å². The number of aliphatic hydroxyl groups is 1. The monoisotopic (exact) mass is 254 g/mol. The van der Waals surface area contributed by atoms with Crippen LogP contribution in [0.3, 0.4) is 0 Å². The molecule has 3 heteroatoms. The Morgan fingerprint density at radius 3 is 2.44 bits per heavy atom. The molecule has 0 saturated heterocycles. The number of hydrogen-bond acceptors (Lipinski definition) is 1. The first-order valence-electron chi connectivity index (χ1n) is 6.51. The van der Waals surface area contributed by atoms with E-state index in [1.54, 1.807) is 0 Å². The molecule has 1 aliphatic rings. The van der Waals surface area contributed by atoms with Gasteiger partial charge in [-0.1, -0.05) is 18.2 Å². The zero-order valence-corrected chi connectivity index (χ0v) is 10.9. The molecule has 0 radical (unpaired) electrons. The van der Waals surface area contributed by atoms with Crippen LogP contribution in [0.15, 0.2) is 18.2 Å². The predicted molar refractivity (Wildman–Crippen MR) is 67.8 cm³/mol. The quantitative estimate of drug-likeness (QED) is 0.858. The number of aryl methyl sites for hydroxylation is 2. The summed E-state index contributed by atoms with van der Waals surface area (Å²) in [4.78, 5) is 0. The molecule has 2 rings (SSSR count). The van der Waals surface area contributed by atoms with Crippen molar-refractivity contribution < 1.29 is 13.9 Å². The maximum absolute atomic E-state index is 13.1. The van der Waals surface area contributed by atoms with E-state index in [1.807, 2.05) is 32.0 Å². The van der Waals surface area contributed by atoms with Gasteiger partial charge in [-0.15, -0.1) is 0 Å². The van der Waals surface area contributed by atoms with E-state index in [9.17, 15) is 13.9 Å². The summed E-state index contributed by atoms with van der Waals surface area (Å²) in [6.07, 6.45) is 0.243. The van der Waals surface area contributed by atoms with Gasteiger partial charge in [-0.05, 0) is 49.3 Å². The molecule has 2 atom stereocenters. The van der Waals surface area contributed by atoms with E-state index in [-0.39, 0.29) is 18.8 Å². The van der Waals surface area contributed by atoms with Gasteiger partial charge in [-0.2, -0.15) is 0 Å². The number of benzene rings is 1. The largest absolute Gasteiger partial charge is 0.388 e. The Hall–Kier alpha value is -0.960. The van der Waals surface area contributed by atoms with E-state index in [0.29, 0.717) is 12.8 Å². The SMILES string of the molecule is Cc1cccc(C)c1C(O)CC1CCC(F)(F)C1. The van der Waals surface area contributed by atoms with E-state index in [4.69, 9.17) is 0 Å². The number of aliphatic hydroxyl groups excluding tert-OH is 1. The smallest absolute Gasteiger partial charge is 0.248 e. The highest BCUT2D eigenvalue weighted by molar-refractivity contribution is 5.35. The van der Waals surface area contributed by atoms with Gasteiger partial charge in [0.25, 0.3) is 0 Å². The summed E-state index contributed by atoms with van der Waals surface area (Å²) in [5.41, 5.74) is 2.98. The number of rotatable bonds is 3. The minimum absolute atomic E-state index is 0.0306. The Labute approximate surface area is 107 Å². The van der Waals surface area contributed by atoms with Crippen molar-refractivity contribution in [1.29, 1.82) is 0 Å². The summed E-state index contributed by atoms with van der Waals surface area (Å²) >= 11 is 0. The predicted octanol–water partition coefficient (Wildman–Crippen LogP) is 4.16. The topological polar surface area (TPSA) is 20.2 Å². The van der Waals surface area contributed by atoms with Gasteiger partial charge in [-0.25, -0.2) is 8.78 Å². The minimum Gasteiger partial charge on any atom is -0.388 e. The van der Waals surface area contributed by atoms with E-state index in [1.165, 1.54) is 0 Å². The van der Waals surface area contributed by atoms with Gasteiger partial charge in [0.2, 0.25) is 5.92 Å². The van der Waals surface area contributed by atoms with Crippen molar-refractivity contribution >= 4 is 0 Å². The zero-order valence-electron chi connectivity index (χ0n) is 10.9. The molecule has 0 bridgehead atoms. The lowest BCUT2D eigenvalue weighted by Gasteiger charge is -2.19. The summed E-state index contributed by atoms with van der Waals surface area (Å²) in [5.74, 6) is -2.58. The van der Waals surface area contributed by atoms with Gasteiger partial charge in [0.15, 0.2) is 0 Å². The average molecular weight is 254 g/mol. The van der Waals surface area contributed by atoms with E-state index < -0.39 is 12.0 Å². The maximum Gasteiger partial charge on any atom is 0.248 e. The van der Waals surface area contributed by atoms with Crippen LogP contribution in [0.1, 0.15) is 48.5 Å². The second-order valence-electron chi connectivity index (χ2n) is 5.52. The fourth-order valence-electron chi connectivity index (χ4n) is 3.03. The Bertz CT molecular complexity index is 408. The summed E-state index contributed by atoms with van der Waals surface area (Å²) in [6, 6.07) is 5.86. The van der Waals surface area contributed by atoms with Crippen molar-refractivity contribution in [2.24, 2.45) is 5.92 Å². The van der Waals surface area contributed by atoms with Gasteiger partial charge in [0, 0.05) is 12.8 Å². The summed E-state index contributed by atoms with van der Waals surface area (Å²) in [5, 5.41) is 10.3. The van der Waals surface area contributed by atoms with E-state index >= 15 is 0 Å². The van der Waals surface area contributed by atoms with Crippen LogP contribution < -0.4 is 0 Å². The van der Waals surface area contributed by atoms with Crippen molar-refractivity contribution in [2.45, 2.75) is 51.6 Å². The molecular formula is C15H20F2O. The second kappa shape index (κ2) is 4.96. The van der Waals surface area contributed by atoms with Crippen molar-refractivity contribution in [3.05, 3.63) is 34.9 Å². The lowest BCUT2D eigenvalue weighted by molar-refractivity contribution is 0.00253. The molecule has 0 aromatic heterocycles. The molecular weight excluding hydrogens is 234 g/mol. The lowest BCUT2D eigenvalue weighted by atomic mass is 9.90. The van der Waals surface area contributed by atoms with Crippen LogP contribution in [0, 0.1) is 19.8 Å². The molecule has 0 spiro atoms. The van der Waals surface area contributed by atoms with Crippen molar-refractivity contribution in [1.82, 2.24) is 0 Å². The summed E-state index contributed by atoms with van der Waals surface area (Å²) in [7, 11) is 0. The van der Waals surface area contributed by atoms with Gasteiger partial charge >= 0.3 is 0 Å². The second-order valence-corrected chi connectivity index (χ2v) is 5.52. The number of alkyl halides is 2. The first-order valence-corrected chi connectivity index (χ1v) is 6.51. The fourth-order valence-corrected chi connectivity index (χ4v) is 3.03. The molecule has 1 N–H and O–H groups in total. The molecule has 1 aliphatic carbocycles. The van der Waals surface area contributed by atoms with Crippen molar-refractivity contribution in [3.63, 3.8) is 0 Å². The van der Waals surface area contributed by atoms with Crippen molar-refractivity contribution in [3.8, 4) is 0 Å². The lowest BCUT2D eigenvalue weighted by Crippen LogP contribution is -2.12. The summed E-state index contributed by atoms with van der Waals surface area (Å²) in [6.45, 7) is 3.91. The molecule has 1 fully saturated rings. The third-order valence-electron chi connectivity index (χ3n) is 3.94. The third kappa shape index (κ3) is 2.89. The molecule has 1 aromatic rings. The molecule has 18 heavy (non-hydrogen) atoms. The zero-order chi connectivity index (χ0) is 13.3. The molecule has 1 aromatic carbocycles. The fraction of sp³-hybridized carbons (Fsp3) is 0.600. The van der Waals surface area contributed by atoms with Gasteiger partial charge < -0.3 is 5.11 Å². The molecule has 1 saturated carbocycles. The minimum atomic E-state index is -2.52. The molecule has 2 unspecified atom stereocenters. The highest BCUT2D eigenvalue weighted by atomic mass is 19.3. The third-order valence-corrected chi connectivity index (χ3v) is 3.94. The Kier molecular flexibility index (Phi) is 3.71. The van der Waals surface area contributed by atoms with Gasteiger partial charge in [0.05, 0.1) is 6.10 Å². The van der Waals surface area contributed by atoms with Crippen LogP contribution >= 0.6 is 0 Å².